The number of nitrogens with one attached hydrogen (secondary N) is 3. The largest absolute Gasteiger partial charge is 0.362 e. The number of thiophene rings is 1. The van der Waals surface area contributed by atoms with E-state index in [0.29, 0.717) is 5.11 Å². The van der Waals surface area contributed by atoms with Crippen LogP contribution in [0.5, 0.6) is 0 Å². The molecule has 0 saturated heterocycles. The Morgan fingerprint density at radius 2 is 2.13 bits per heavy atom. The van der Waals surface area contributed by atoms with Gasteiger partial charge in [-0.3, -0.25) is 10.9 Å². The first-order valence-electron chi connectivity index (χ1n) is 7.29. The summed E-state index contributed by atoms with van der Waals surface area (Å²) in [6.45, 7) is 4.85. The van der Waals surface area contributed by atoms with Gasteiger partial charge >= 0.3 is 0 Å². The number of benzene rings is 1. The van der Waals surface area contributed by atoms with Crippen molar-refractivity contribution in [2.75, 3.05) is 12.0 Å². The van der Waals surface area contributed by atoms with Crippen LogP contribution >= 0.6 is 23.6 Å². The van der Waals surface area contributed by atoms with Crippen LogP contribution in [-0.4, -0.2) is 21.6 Å². The summed E-state index contributed by atoms with van der Waals surface area (Å²) < 4.78 is 0.996. The quantitative estimate of drug-likeness (QED) is 0.498. The Bertz CT molecular complexity index is 843. The number of hydrogen-bond acceptors (Lipinski definition) is 5. The molecule has 0 atom stereocenters. The maximum Gasteiger partial charge on any atom is 0.185 e. The van der Waals surface area contributed by atoms with Gasteiger partial charge in [-0.15, -0.1) is 11.3 Å². The van der Waals surface area contributed by atoms with Crippen molar-refractivity contribution in [2.24, 2.45) is 0 Å². The predicted octanol–water partition coefficient (Wildman–Crippen LogP) is 3.48. The molecule has 0 bridgehead atoms. The van der Waals surface area contributed by atoms with Crippen LogP contribution in [0.3, 0.4) is 0 Å². The number of thiocarbonyl (C=S) groups is 1. The summed E-state index contributed by atoms with van der Waals surface area (Å²) in [7, 11) is 0. The van der Waals surface area contributed by atoms with Gasteiger partial charge in [0, 0.05) is 11.4 Å². The first kappa shape index (κ1) is 15.6. The highest BCUT2D eigenvalue weighted by Crippen LogP contribution is 2.35. The molecule has 2 aromatic heterocycles. The molecule has 7 heteroatoms. The van der Waals surface area contributed by atoms with Crippen LogP contribution in [0.4, 0.5) is 5.82 Å². The van der Waals surface area contributed by atoms with Crippen molar-refractivity contribution in [3.8, 4) is 10.4 Å². The summed E-state index contributed by atoms with van der Waals surface area (Å²) in [6.07, 6.45) is 1.55. The summed E-state index contributed by atoms with van der Waals surface area (Å²) in [5.74, 6) is 0.721. The molecule has 0 spiro atoms. The fraction of sp³-hybridized carbons (Fsp3) is 0.188. The lowest BCUT2D eigenvalue weighted by Crippen LogP contribution is -2.38. The zero-order chi connectivity index (χ0) is 16.2. The van der Waals surface area contributed by atoms with Gasteiger partial charge in [-0.1, -0.05) is 29.8 Å². The smallest absolute Gasteiger partial charge is 0.185 e. The Kier molecular flexibility index (Phi) is 4.68. The average Bonchev–Trinajstić information content (AvgIpc) is 2.98. The molecule has 3 rings (SSSR count). The number of fused-ring (bicyclic) bond motifs is 1. The monoisotopic (exact) mass is 343 g/mol. The Morgan fingerprint density at radius 1 is 1.26 bits per heavy atom. The number of hydrogen-bond donors (Lipinski definition) is 3. The van der Waals surface area contributed by atoms with E-state index in [1.807, 2.05) is 6.92 Å². The van der Waals surface area contributed by atoms with E-state index in [9.17, 15) is 0 Å². The summed E-state index contributed by atoms with van der Waals surface area (Å²) in [4.78, 5) is 9.83. The van der Waals surface area contributed by atoms with Crippen molar-refractivity contribution in [1.82, 2.24) is 20.7 Å². The molecule has 3 aromatic rings. The lowest BCUT2D eigenvalue weighted by atomic mass is 10.1. The summed E-state index contributed by atoms with van der Waals surface area (Å²) in [5.41, 5.74) is 9.34. The number of aryl methyl sites for hydroxylation is 1. The number of aromatic nitrogens is 2. The zero-order valence-electron chi connectivity index (χ0n) is 12.9. The van der Waals surface area contributed by atoms with Gasteiger partial charge < -0.3 is 5.32 Å². The van der Waals surface area contributed by atoms with E-state index in [1.165, 1.54) is 16.0 Å². The van der Waals surface area contributed by atoms with Crippen molar-refractivity contribution in [2.45, 2.75) is 13.8 Å². The SMILES string of the molecule is CCNC(=S)NNc1ncnc2cc(-c3cccc(C)c3)sc12. The van der Waals surface area contributed by atoms with Crippen LogP contribution in [0.1, 0.15) is 12.5 Å². The summed E-state index contributed by atoms with van der Waals surface area (Å²) >= 11 is 6.81. The topological polar surface area (TPSA) is 61.9 Å². The molecule has 0 amide bonds. The zero-order valence-corrected chi connectivity index (χ0v) is 14.5. The van der Waals surface area contributed by atoms with Crippen molar-refractivity contribution < 1.29 is 0 Å². The molecule has 0 aliphatic heterocycles. The molecule has 3 N–H and O–H groups in total. The molecule has 5 nitrogen and oxygen atoms in total. The van der Waals surface area contributed by atoms with Gasteiger partial charge in [-0.2, -0.15) is 0 Å². The third-order valence-electron chi connectivity index (χ3n) is 3.25. The van der Waals surface area contributed by atoms with E-state index >= 15 is 0 Å². The number of anilines is 1. The summed E-state index contributed by atoms with van der Waals surface area (Å²) in [5, 5.41) is 3.56. The second kappa shape index (κ2) is 6.89. The van der Waals surface area contributed by atoms with Gasteiger partial charge in [0.05, 0.1) is 10.2 Å². The second-order valence-electron chi connectivity index (χ2n) is 5.03. The van der Waals surface area contributed by atoms with Crippen LogP contribution in [0.25, 0.3) is 20.7 Å². The highest BCUT2D eigenvalue weighted by Gasteiger charge is 2.10. The van der Waals surface area contributed by atoms with Gasteiger partial charge in [0.1, 0.15) is 6.33 Å². The fourth-order valence-electron chi connectivity index (χ4n) is 2.20. The molecule has 0 saturated carbocycles. The number of rotatable bonds is 4. The minimum Gasteiger partial charge on any atom is -0.362 e. The van der Waals surface area contributed by atoms with Gasteiger partial charge in [0.25, 0.3) is 0 Å². The number of nitrogens with zero attached hydrogens (tertiary/aromatic N) is 2. The minimum atomic E-state index is 0.537. The molecule has 0 aliphatic carbocycles. The molecule has 23 heavy (non-hydrogen) atoms. The Morgan fingerprint density at radius 3 is 2.91 bits per heavy atom. The Balaban J connectivity index is 1.90. The normalized spacial score (nSPS) is 10.5. The maximum atomic E-state index is 5.15. The first-order chi connectivity index (χ1) is 11.2. The van der Waals surface area contributed by atoms with E-state index in [0.717, 1.165) is 22.6 Å². The van der Waals surface area contributed by atoms with E-state index in [-0.39, 0.29) is 0 Å². The summed E-state index contributed by atoms with van der Waals surface area (Å²) in [6, 6.07) is 10.5. The predicted molar refractivity (Wildman–Crippen MR) is 101 cm³/mol. The van der Waals surface area contributed by atoms with Crippen LogP contribution in [-0.2, 0) is 0 Å². The third kappa shape index (κ3) is 3.57. The van der Waals surface area contributed by atoms with Crippen LogP contribution in [0, 0.1) is 6.92 Å². The van der Waals surface area contributed by atoms with Gasteiger partial charge in [-0.05, 0) is 37.7 Å². The van der Waals surface area contributed by atoms with Crippen molar-refractivity contribution in [1.29, 1.82) is 0 Å². The average molecular weight is 343 g/mol. The van der Waals surface area contributed by atoms with Gasteiger partial charge in [-0.25, -0.2) is 9.97 Å². The lowest BCUT2D eigenvalue weighted by molar-refractivity contribution is 0.924. The highest BCUT2D eigenvalue weighted by atomic mass is 32.1. The van der Waals surface area contributed by atoms with E-state index in [4.69, 9.17) is 12.2 Å². The lowest BCUT2D eigenvalue weighted by Gasteiger charge is -2.10. The molecule has 0 aliphatic rings. The Labute approximate surface area is 144 Å². The third-order valence-corrected chi connectivity index (χ3v) is 4.67. The highest BCUT2D eigenvalue weighted by molar-refractivity contribution is 7.80. The fourth-order valence-corrected chi connectivity index (χ4v) is 3.45. The molecule has 2 heterocycles. The molecular formula is C16H17N5S2. The maximum absolute atomic E-state index is 5.15. The van der Waals surface area contributed by atoms with E-state index in [1.54, 1.807) is 17.7 Å². The number of hydrazine groups is 1. The van der Waals surface area contributed by atoms with Crippen LogP contribution in [0.15, 0.2) is 36.7 Å². The molecule has 1 aromatic carbocycles. The van der Waals surface area contributed by atoms with Gasteiger partial charge in [0.2, 0.25) is 0 Å². The van der Waals surface area contributed by atoms with Crippen LogP contribution in [0.2, 0.25) is 0 Å². The van der Waals surface area contributed by atoms with Gasteiger partial charge in [0.15, 0.2) is 10.9 Å². The van der Waals surface area contributed by atoms with Crippen molar-refractivity contribution in [3.05, 3.63) is 42.2 Å². The molecular weight excluding hydrogens is 326 g/mol. The van der Waals surface area contributed by atoms with Crippen molar-refractivity contribution >= 4 is 44.7 Å². The van der Waals surface area contributed by atoms with E-state index in [2.05, 4.69) is 63.4 Å². The van der Waals surface area contributed by atoms with Crippen molar-refractivity contribution in [3.63, 3.8) is 0 Å². The molecule has 0 fully saturated rings. The molecule has 0 radical (unpaired) electrons. The van der Waals surface area contributed by atoms with Crippen LogP contribution < -0.4 is 16.2 Å². The first-order valence-corrected chi connectivity index (χ1v) is 8.51. The van der Waals surface area contributed by atoms with E-state index < -0.39 is 0 Å². The molecule has 0 unspecified atom stereocenters. The second-order valence-corrected chi connectivity index (χ2v) is 6.49. The Hall–Kier alpha value is -2.25. The minimum absolute atomic E-state index is 0.537. The standard InChI is InChI=1S/C16H17N5S2/c1-3-17-16(22)21-20-15-14-12(18-9-19-15)8-13(23-14)11-6-4-5-10(2)7-11/h4-9H,3H2,1-2H3,(H2,17,21,22)(H,18,19,20). The molecule has 118 valence electrons.